The standard InChI is InChI=1S/C27H25N3O/c1-20(31)27(22-10-3-2-4-11-22)15-18-30(19-16-27)26-28-17-14-25(29-26)24-13-7-9-21-8-5-6-12-23(21)24/h2-14,17H,15-16,18-19H2,1H3. The van der Waals surface area contributed by atoms with E-state index in [2.05, 4.69) is 64.5 Å². The van der Waals surface area contributed by atoms with Gasteiger partial charge in [-0.2, -0.15) is 0 Å². The zero-order valence-electron chi connectivity index (χ0n) is 17.7. The molecule has 0 radical (unpaired) electrons. The van der Waals surface area contributed by atoms with Gasteiger partial charge in [0.05, 0.1) is 11.1 Å². The number of fused-ring (bicyclic) bond motifs is 1. The minimum absolute atomic E-state index is 0.240. The van der Waals surface area contributed by atoms with E-state index in [1.165, 1.54) is 10.8 Å². The number of aromatic nitrogens is 2. The van der Waals surface area contributed by atoms with E-state index in [0.717, 1.165) is 48.7 Å². The first-order chi connectivity index (χ1) is 15.2. The van der Waals surface area contributed by atoms with E-state index in [1.54, 1.807) is 6.92 Å². The monoisotopic (exact) mass is 407 g/mol. The number of carbonyl (C=O) groups excluding carboxylic acids is 1. The summed E-state index contributed by atoms with van der Waals surface area (Å²) in [6, 6.07) is 26.8. The molecule has 4 aromatic rings. The van der Waals surface area contributed by atoms with E-state index in [1.807, 2.05) is 30.5 Å². The summed E-state index contributed by atoms with van der Waals surface area (Å²) in [5.41, 5.74) is 2.74. The first kappa shape index (κ1) is 19.4. The van der Waals surface area contributed by atoms with Crippen LogP contribution in [0, 0.1) is 0 Å². The summed E-state index contributed by atoms with van der Waals surface area (Å²) in [5, 5.41) is 2.39. The van der Waals surface area contributed by atoms with Gasteiger partial charge in [-0.25, -0.2) is 9.97 Å². The molecule has 3 aromatic carbocycles. The predicted molar refractivity (Wildman–Crippen MR) is 125 cm³/mol. The molecular weight excluding hydrogens is 382 g/mol. The van der Waals surface area contributed by atoms with Gasteiger partial charge in [0.2, 0.25) is 5.95 Å². The summed E-state index contributed by atoms with van der Waals surface area (Å²) in [7, 11) is 0. The Hall–Kier alpha value is -3.53. The van der Waals surface area contributed by atoms with Crippen LogP contribution in [0.15, 0.2) is 85.1 Å². The van der Waals surface area contributed by atoms with Gasteiger partial charge in [0, 0.05) is 24.8 Å². The van der Waals surface area contributed by atoms with Crippen molar-refractivity contribution in [1.29, 1.82) is 0 Å². The quantitative estimate of drug-likeness (QED) is 0.453. The van der Waals surface area contributed by atoms with Crippen molar-refractivity contribution in [1.82, 2.24) is 9.97 Å². The second kappa shape index (κ2) is 7.95. The summed E-state index contributed by atoms with van der Waals surface area (Å²) in [5.74, 6) is 0.972. The molecule has 0 saturated carbocycles. The maximum atomic E-state index is 12.7. The third-order valence-corrected chi connectivity index (χ3v) is 6.61. The van der Waals surface area contributed by atoms with Gasteiger partial charge >= 0.3 is 0 Å². The van der Waals surface area contributed by atoms with Crippen molar-refractivity contribution in [3.05, 3.63) is 90.6 Å². The number of Topliss-reactive ketones (excluding diaryl/α,β-unsaturated/α-hetero) is 1. The van der Waals surface area contributed by atoms with Crippen molar-refractivity contribution in [2.45, 2.75) is 25.2 Å². The van der Waals surface area contributed by atoms with Crippen molar-refractivity contribution < 1.29 is 4.79 Å². The molecule has 0 unspecified atom stereocenters. The van der Waals surface area contributed by atoms with Gasteiger partial charge in [-0.15, -0.1) is 0 Å². The zero-order valence-corrected chi connectivity index (χ0v) is 17.7. The van der Waals surface area contributed by atoms with Crippen LogP contribution < -0.4 is 4.90 Å². The lowest BCUT2D eigenvalue weighted by Gasteiger charge is -2.40. The van der Waals surface area contributed by atoms with Gasteiger partial charge in [0.1, 0.15) is 5.78 Å². The molecule has 0 atom stereocenters. The largest absolute Gasteiger partial charge is 0.341 e. The molecule has 4 nitrogen and oxygen atoms in total. The molecule has 0 aliphatic carbocycles. The molecule has 0 spiro atoms. The summed E-state index contributed by atoms with van der Waals surface area (Å²) >= 11 is 0. The Kier molecular flexibility index (Phi) is 4.99. The smallest absolute Gasteiger partial charge is 0.225 e. The molecule has 5 rings (SSSR count). The number of anilines is 1. The molecule has 1 fully saturated rings. The van der Waals surface area contributed by atoms with Crippen LogP contribution in [0.5, 0.6) is 0 Å². The first-order valence-corrected chi connectivity index (χ1v) is 10.8. The molecule has 1 aromatic heterocycles. The van der Waals surface area contributed by atoms with Crippen LogP contribution >= 0.6 is 0 Å². The zero-order chi connectivity index (χ0) is 21.3. The van der Waals surface area contributed by atoms with Gasteiger partial charge in [-0.05, 0) is 42.2 Å². The molecule has 0 N–H and O–H groups in total. The molecule has 154 valence electrons. The number of hydrogen-bond donors (Lipinski definition) is 0. The summed E-state index contributed by atoms with van der Waals surface area (Å²) in [4.78, 5) is 24.4. The highest BCUT2D eigenvalue weighted by Gasteiger charge is 2.40. The lowest BCUT2D eigenvalue weighted by atomic mass is 9.70. The Balaban J connectivity index is 1.44. The number of rotatable bonds is 4. The molecule has 0 bridgehead atoms. The Labute approximate surface area is 182 Å². The van der Waals surface area contributed by atoms with Crippen LogP contribution in [0.2, 0.25) is 0 Å². The van der Waals surface area contributed by atoms with Crippen LogP contribution in [0.25, 0.3) is 22.0 Å². The van der Waals surface area contributed by atoms with Crippen molar-refractivity contribution >= 4 is 22.5 Å². The highest BCUT2D eigenvalue weighted by molar-refractivity contribution is 5.95. The van der Waals surface area contributed by atoms with Crippen LogP contribution in [0.4, 0.5) is 5.95 Å². The van der Waals surface area contributed by atoms with E-state index >= 15 is 0 Å². The third-order valence-electron chi connectivity index (χ3n) is 6.61. The Morgan fingerprint density at radius 2 is 1.58 bits per heavy atom. The minimum atomic E-state index is -0.412. The van der Waals surface area contributed by atoms with Crippen molar-refractivity contribution in [2.24, 2.45) is 0 Å². The molecule has 1 aliphatic heterocycles. The Morgan fingerprint density at radius 3 is 2.35 bits per heavy atom. The van der Waals surface area contributed by atoms with E-state index in [0.29, 0.717) is 0 Å². The fourth-order valence-corrected chi connectivity index (χ4v) is 4.79. The fraction of sp³-hybridized carbons (Fsp3) is 0.222. The molecule has 1 aliphatic rings. The Bertz CT molecular complexity index is 1220. The number of hydrogen-bond acceptors (Lipinski definition) is 4. The van der Waals surface area contributed by atoms with Crippen molar-refractivity contribution in [3.63, 3.8) is 0 Å². The fourth-order valence-electron chi connectivity index (χ4n) is 4.79. The minimum Gasteiger partial charge on any atom is -0.341 e. The van der Waals surface area contributed by atoms with Gasteiger partial charge in [0.25, 0.3) is 0 Å². The van der Waals surface area contributed by atoms with E-state index in [9.17, 15) is 4.79 Å². The van der Waals surface area contributed by atoms with Crippen molar-refractivity contribution in [2.75, 3.05) is 18.0 Å². The predicted octanol–water partition coefficient (Wildman–Crippen LogP) is 5.42. The third kappa shape index (κ3) is 3.48. The number of ketones is 1. The van der Waals surface area contributed by atoms with Gasteiger partial charge in [-0.3, -0.25) is 4.79 Å². The summed E-state index contributed by atoms with van der Waals surface area (Å²) in [6.07, 6.45) is 3.38. The SMILES string of the molecule is CC(=O)C1(c2ccccc2)CCN(c2nccc(-c3cccc4ccccc34)n2)CC1. The van der Waals surface area contributed by atoms with Gasteiger partial charge in [0.15, 0.2) is 0 Å². The number of benzene rings is 3. The maximum Gasteiger partial charge on any atom is 0.225 e. The topological polar surface area (TPSA) is 46.1 Å². The number of carbonyl (C=O) groups is 1. The molecule has 0 amide bonds. The first-order valence-electron chi connectivity index (χ1n) is 10.8. The van der Waals surface area contributed by atoms with Crippen LogP contribution in [-0.4, -0.2) is 28.8 Å². The molecular formula is C27H25N3O. The average molecular weight is 408 g/mol. The normalized spacial score (nSPS) is 15.7. The van der Waals surface area contributed by atoms with Gasteiger partial charge in [-0.1, -0.05) is 72.8 Å². The lowest BCUT2D eigenvalue weighted by molar-refractivity contribution is -0.123. The summed E-state index contributed by atoms with van der Waals surface area (Å²) in [6.45, 7) is 3.24. The van der Waals surface area contributed by atoms with Crippen LogP contribution in [0.1, 0.15) is 25.3 Å². The summed E-state index contributed by atoms with van der Waals surface area (Å²) < 4.78 is 0. The maximum absolute atomic E-state index is 12.7. The number of piperidine rings is 1. The van der Waals surface area contributed by atoms with Gasteiger partial charge < -0.3 is 4.90 Å². The Morgan fingerprint density at radius 1 is 0.871 bits per heavy atom. The van der Waals surface area contributed by atoms with E-state index < -0.39 is 5.41 Å². The molecule has 31 heavy (non-hydrogen) atoms. The number of nitrogens with zero attached hydrogens (tertiary/aromatic N) is 3. The molecule has 4 heteroatoms. The van der Waals surface area contributed by atoms with Crippen LogP contribution in [0.3, 0.4) is 0 Å². The van der Waals surface area contributed by atoms with E-state index in [4.69, 9.17) is 4.98 Å². The lowest BCUT2D eigenvalue weighted by Crippen LogP contribution is -2.47. The average Bonchev–Trinajstić information content (AvgIpc) is 2.84. The second-order valence-electron chi connectivity index (χ2n) is 8.26. The second-order valence-corrected chi connectivity index (χ2v) is 8.26. The highest BCUT2D eigenvalue weighted by atomic mass is 16.1. The van der Waals surface area contributed by atoms with Crippen molar-refractivity contribution in [3.8, 4) is 11.3 Å². The molecule has 1 saturated heterocycles. The molecule has 2 heterocycles. The van der Waals surface area contributed by atoms with E-state index in [-0.39, 0.29) is 5.78 Å². The van der Waals surface area contributed by atoms with Crippen LogP contribution in [-0.2, 0) is 10.2 Å². The highest BCUT2D eigenvalue weighted by Crippen LogP contribution is 2.37.